The topological polar surface area (TPSA) is 0 Å². The van der Waals surface area contributed by atoms with Crippen LogP contribution < -0.4 is 42.4 Å². The van der Waals surface area contributed by atoms with Gasteiger partial charge in [-0.1, -0.05) is 82.5 Å². The molecule has 0 heterocycles. The SMILES string of the molecule is CCCC1=[C-]C(C(C)(C)C)=C([SiH2]c2ccccc2)C1.[Cl-].[Cl-].[Cl-].[Ti+4]. The van der Waals surface area contributed by atoms with Crippen molar-refractivity contribution in [2.24, 2.45) is 5.41 Å². The van der Waals surface area contributed by atoms with Crippen LogP contribution in [0.4, 0.5) is 0 Å². The second kappa shape index (κ2) is 12.8. The van der Waals surface area contributed by atoms with E-state index < -0.39 is 0 Å². The normalized spacial score (nSPS) is 13.7. The fraction of sp³-hybridized carbons (Fsp3) is 0.444. The fourth-order valence-electron chi connectivity index (χ4n) is 2.82. The Kier molecular flexibility index (Phi) is 15.8. The number of hydrogen-bond donors (Lipinski definition) is 0. The minimum atomic E-state index is -0.315. The van der Waals surface area contributed by atoms with E-state index in [0.29, 0.717) is 0 Å². The van der Waals surface area contributed by atoms with Crippen molar-refractivity contribution in [3.8, 4) is 0 Å². The molecule has 0 amide bonds. The van der Waals surface area contributed by atoms with Gasteiger partial charge in [-0.05, 0) is 14.9 Å². The number of hydrogen-bond acceptors (Lipinski definition) is 0. The molecule has 0 fully saturated rings. The molecule has 1 aromatic rings. The van der Waals surface area contributed by atoms with Gasteiger partial charge in [-0.2, -0.15) is 5.57 Å². The molecule has 0 N–H and O–H groups in total. The maximum atomic E-state index is 3.73. The van der Waals surface area contributed by atoms with Crippen LogP contribution in [0, 0.1) is 11.5 Å². The summed E-state index contributed by atoms with van der Waals surface area (Å²) in [5, 5.41) is 3.26. The van der Waals surface area contributed by atoms with Gasteiger partial charge in [0.1, 0.15) is 0 Å². The maximum absolute atomic E-state index is 3.73. The zero-order valence-corrected chi connectivity index (χ0v) is 19.6. The monoisotopic (exact) mass is 422 g/mol. The first kappa shape index (κ1) is 28.3. The first-order valence-corrected chi connectivity index (χ1v) is 8.80. The van der Waals surface area contributed by atoms with Crippen molar-refractivity contribution in [1.29, 1.82) is 0 Å². The third-order valence-electron chi connectivity index (χ3n) is 3.64. The van der Waals surface area contributed by atoms with Gasteiger partial charge < -0.3 is 37.2 Å². The van der Waals surface area contributed by atoms with Gasteiger partial charge in [0.2, 0.25) is 0 Å². The molecular formula is C18H25Cl3SiTi. The van der Waals surface area contributed by atoms with Crippen LogP contribution in [-0.4, -0.2) is 9.52 Å². The van der Waals surface area contributed by atoms with E-state index in [9.17, 15) is 0 Å². The van der Waals surface area contributed by atoms with E-state index in [1.165, 1.54) is 30.4 Å². The predicted molar refractivity (Wildman–Crippen MR) is 87.4 cm³/mol. The van der Waals surface area contributed by atoms with Gasteiger partial charge in [0.15, 0.2) is 0 Å². The molecule has 1 aliphatic rings. The minimum absolute atomic E-state index is 0. The zero-order chi connectivity index (χ0) is 13.9. The number of halogens is 3. The zero-order valence-electron chi connectivity index (χ0n) is 14.3. The average Bonchev–Trinajstić information content (AvgIpc) is 2.74. The summed E-state index contributed by atoms with van der Waals surface area (Å²) in [6.45, 7) is 9.23. The maximum Gasteiger partial charge on any atom is 4.00 e. The van der Waals surface area contributed by atoms with Crippen molar-refractivity contribution in [3.05, 3.63) is 52.8 Å². The number of benzene rings is 1. The summed E-state index contributed by atoms with van der Waals surface area (Å²) >= 11 is 0. The molecule has 5 heteroatoms. The summed E-state index contributed by atoms with van der Waals surface area (Å²) in [5.74, 6) is 0. The van der Waals surface area contributed by atoms with Gasteiger partial charge >= 0.3 is 21.7 Å². The smallest absolute Gasteiger partial charge is 1.00 e. The molecular weight excluding hydrogens is 399 g/mol. The van der Waals surface area contributed by atoms with Gasteiger partial charge in [0.25, 0.3) is 0 Å². The Balaban J connectivity index is -0.000001000. The molecule has 2 rings (SSSR count). The van der Waals surface area contributed by atoms with Crippen molar-refractivity contribution in [2.45, 2.75) is 47.0 Å². The third-order valence-corrected chi connectivity index (χ3v) is 5.55. The average molecular weight is 424 g/mol. The number of rotatable bonds is 4. The van der Waals surface area contributed by atoms with Crippen LogP contribution in [-0.2, 0) is 21.7 Å². The molecule has 0 aromatic heterocycles. The van der Waals surface area contributed by atoms with Gasteiger partial charge in [-0.3, -0.25) is 0 Å². The summed E-state index contributed by atoms with van der Waals surface area (Å²) in [7, 11) is -0.315. The van der Waals surface area contributed by atoms with Crippen LogP contribution in [0.1, 0.15) is 47.0 Å². The fourth-order valence-corrected chi connectivity index (χ4v) is 5.04. The Morgan fingerprint density at radius 2 is 1.61 bits per heavy atom. The summed E-state index contributed by atoms with van der Waals surface area (Å²) < 4.78 is 0. The second-order valence-corrected chi connectivity index (χ2v) is 8.57. The molecule has 0 radical (unpaired) electrons. The van der Waals surface area contributed by atoms with E-state index in [1.54, 1.807) is 10.4 Å². The van der Waals surface area contributed by atoms with E-state index in [1.807, 2.05) is 0 Å². The van der Waals surface area contributed by atoms with Crippen molar-refractivity contribution < 1.29 is 58.9 Å². The molecule has 1 aliphatic carbocycles. The number of allylic oxidation sites excluding steroid dienone is 4. The Bertz CT molecular complexity index is 505. The van der Waals surface area contributed by atoms with E-state index in [2.05, 4.69) is 64.1 Å². The molecule has 126 valence electrons. The second-order valence-electron chi connectivity index (χ2n) is 6.55. The Labute approximate surface area is 177 Å². The van der Waals surface area contributed by atoms with Crippen molar-refractivity contribution in [2.75, 3.05) is 0 Å². The van der Waals surface area contributed by atoms with Gasteiger partial charge in [0, 0.05) is 0 Å². The molecule has 0 atom stereocenters. The Hall–Kier alpha value is 0.501. The van der Waals surface area contributed by atoms with Crippen LogP contribution >= 0.6 is 0 Å². The Morgan fingerprint density at radius 3 is 2.09 bits per heavy atom. The van der Waals surface area contributed by atoms with Crippen LogP contribution in [0.15, 0.2) is 46.7 Å². The first-order chi connectivity index (χ1) is 9.00. The van der Waals surface area contributed by atoms with Crippen LogP contribution in [0.25, 0.3) is 0 Å². The van der Waals surface area contributed by atoms with Crippen LogP contribution in [0.2, 0.25) is 0 Å². The molecule has 0 saturated carbocycles. The quantitative estimate of drug-likeness (QED) is 0.335. The molecule has 0 nitrogen and oxygen atoms in total. The van der Waals surface area contributed by atoms with Crippen LogP contribution in [0.3, 0.4) is 0 Å². The van der Waals surface area contributed by atoms with Gasteiger partial charge in [-0.15, -0.1) is 0 Å². The third kappa shape index (κ3) is 8.43. The first-order valence-electron chi connectivity index (χ1n) is 7.39. The standard InChI is InChI=1S/C18H25Si.3ClH.Ti/c1-5-9-14-12-16(18(2,3)4)17(13-14)19-15-10-7-6-8-11-15;;;;/h6-8,10-11H,5,9,13,19H2,1-4H3;3*1H;/q-1;;;;+4/p-3. The molecule has 23 heavy (non-hydrogen) atoms. The molecule has 1 aromatic carbocycles. The molecule has 0 aliphatic heterocycles. The van der Waals surface area contributed by atoms with Gasteiger partial charge in [-0.25, -0.2) is 16.8 Å². The summed E-state index contributed by atoms with van der Waals surface area (Å²) in [4.78, 5) is 0. The van der Waals surface area contributed by atoms with Crippen molar-refractivity contribution in [1.82, 2.24) is 0 Å². The molecule has 0 saturated heterocycles. The van der Waals surface area contributed by atoms with Crippen molar-refractivity contribution in [3.63, 3.8) is 0 Å². The van der Waals surface area contributed by atoms with E-state index in [-0.39, 0.29) is 73.9 Å². The summed E-state index contributed by atoms with van der Waals surface area (Å²) in [5.41, 5.74) is 3.28. The van der Waals surface area contributed by atoms with Crippen molar-refractivity contribution >= 4 is 14.7 Å². The molecule has 0 spiro atoms. The predicted octanol–water partition coefficient (Wildman–Crippen LogP) is -5.28. The van der Waals surface area contributed by atoms with Gasteiger partial charge in [0.05, 0.1) is 0 Å². The summed E-state index contributed by atoms with van der Waals surface area (Å²) in [6.07, 6.45) is 7.38. The van der Waals surface area contributed by atoms with E-state index in [4.69, 9.17) is 0 Å². The molecule has 0 bridgehead atoms. The minimum Gasteiger partial charge on any atom is -1.00 e. The molecule has 0 unspecified atom stereocenters. The summed E-state index contributed by atoms with van der Waals surface area (Å²) in [6, 6.07) is 11.0. The van der Waals surface area contributed by atoms with E-state index >= 15 is 0 Å². The van der Waals surface area contributed by atoms with Crippen LogP contribution in [0.5, 0.6) is 0 Å². The van der Waals surface area contributed by atoms with E-state index in [0.717, 1.165) is 0 Å². The largest absolute Gasteiger partial charge is 4.00 e. The Morgan fingerprint density at radius 1 is 1.04 bits per heavy atom.